The Morgan fingerprint density at radius 1 is 1.17 bits per heavy atom. The Bertz CT molecular complexity index is 327. The Labute approximate surface area is 111 Å². The Morgan fingerprint density at radius 2 is 1.89 bits per heavy atom. The average molecular weight is 247 g/mol. The quantitative estimate of drug-likeness (QED) is 0.778. The number of benzene rings is 1. The van der Waals surface area contributed by atoms with Crippen molar-refractivity contribution in [1.29, 1.82) is 0 Å². The lowest BCUT2D eigenvalue weighted by atomic mass is 9.93. The summed E-state index contributed by atoms with van der Waals surface area (Å²) in [6.07, 6.45) is 6.27. The Hall–Kier alpha value is -1.02. The maximum absolute atomic E-state index is 5.78. The Balaban J connectivity index is 1.62. The fourth-order valence-electron chi connectivity index (χ4n) is 2.55. The van der Waals surface area contributed by atoms with Crippen LogP contribution in [0.2, 0.25) is 0 Å². The van der Waals surface area contributed by atoms with Crippen molar-refractivity contribution in [2.24, 2.45) is 5.92 Å². The van der Waals surface area contributed by atoms with E-state index in [4.69, 9.17) is 4.74 Å². The molecule has 1 aliphatic heterocycles. The van der Waals surface area contributed by atoms with Crippen molar-refractivity contribution in [3.8, 4) is 5.75 Å². The summed E-state index contributed by atoms with van der Waals surface area (Å²) >= 11 is 0. The van der Waals surface area contributed by atoms with Crippen LogP contribution < -0.4 is 10.1 Å². The van der Waals surface area contributed by atoms with E-state index in [1.165, 1.54) is 44.3 Å². The van der Waals surface area contributed by atoms with Gasteiger partial charge in [-0.05, 0) is 68.8 Å². The van der Waals surface area contributed by atoms with E-state index < -0.39 is 0 Å². The molecule has 2 nitrogen and oxygen atoms in total. The number of aryl methyl sites for hydroxylation is 1. The van der Waals surface area contributed by atoms with Gasteiger partial charge in [-0.2, -0.15) is 0 Å². The first-order chi connectivity index (χ1) is 8.88. The van der Waals surface area contributed by atoms with Crippen LogP contribution in [0.15, 0.2) is 24.3 Å². The SMILES string of the molecule is CCc1ccc(OCCCC2CCNCC2)cc1. The van der Waals surface area contributed by atoms with Crippen molar-refractivity contribution in [1.82, 2.24) is 5.32 Å². The molecule has 2 heteroatoms. The zero-order valence-electron chi connectivity index (χ0n) is 11.5. The number of rotatable bonds is 6. The molecule has 0 aliphatic carbocycles. The predicted molar refractivity (Wildman–Crippen MR) is 76.1 cm³/mol. The highest BCUT2D eigenvalue weighted by Gasteiger charge is 2.12. The lowest BCUT2D eigenvalue weighted by molar-refractivity contribution is 0.274. The highest BCUT2D eigenvalue weighted by molar-refractivity contribution is 5.27. The van der Waals surface area contributed by atoms with Crippen LogP contribution in [-0.2, 0) is 6.42 Å². The van der Waals surface area contributed by atoms with Crippen molar-refractivity contribution in [2.45, 2.75) is 39.0 Å². The molecule has 0 amide bonds. The van der Waals surface area contributed by atoms with Crippen LogP contribution in [0.25, 0.3) is 0 Å². The molecule has 18 heavy (non-hydrogen) atoms. The van der Waals surface area contributed by atoms with Crippen molar-refractivity contribution in [3.63, 3.8) is 0 Å². The van der Waals surface area contributed by atoms with E-state index in [9.17, 15) is 0 Å². The minimum Gasteiger partial charge on any atom is -0.494 e. The van der Waals surface area contributed by atoms with Crippen LogP contribution in [0.5, 0.6) is 5.75 Å². The zero-order chi connectivity index (χ0) is 12.6. The van der Waals surface area contributed by atoms with E-state index in [-0.39, 0.29) is 0 Å². The second kappa shape index (κ2) is 7.42. The summed E-state index contributed by atoms with van der Waals surface area (Å²) < 4.78 is 5.78. The first kappa shape index (κ1) is 13.4. The summed E-state index contributed by atoms with van der Waals surface area (Å²) in [5.41, 5.74) is 1.37. The van der Waals surface area contributed by atoms with Gasteiger partial charge in [-0.15, -0.1) is 0 Å². The molecule has 0 bridgehead atoms. The highest BCUT2D eigenvalue weighted by Crippen LogP contribution is 2.18. The molecule has 1 aromatic rings. The molecule has 1 aliphatic rings. The van der Waals surface area contributed by atoms with Gasteiger partial charge in [-0.1, -0.05) is 19.1 Å². The van der Waals surface area contributed by atoms with Crippen LogP contribution in [0.4, 0.5) is 0 Å². The van der Waals surface area contributed by atoms with Crippen LogP contribution in [0.1, 0.15) is 38.2 Å². The molecule has 0 unspecified atom stereocenters. The molecule has 2 rings (SSSR count). The van der Waals surface area contributed by atoms with Crippen molar-refractivity contribution >= 4 is 0 Å². The largest absolute Gasteiger partial charge is 0.494 e. The van der Waals surface area contributed by atoms with E-state index in [0.29, 0.717) is 0 Å². The number of nitrogens with one attached hydrogen (secondary N) is 1. The van der Waals surface area contributed by atoms with Gasteiger partial charge in [0.25, 0.3) is 0 Å². The molecule has 1 fully saturated rings. The topological polar surface area (TPSA) is 21.3 Å². The van der Waals surface area contributed by atoms with Crippen LogP contribution in [-0.4, -0.2) is 19.7 Å². The maximum Gasteiger partial charge on any atom is 0.119 e. The van der Waals surface area contributed by atoms with Crippen LogP contribution in [0, 0.1) is 5.92 Å². The second-order valence-corrected chi connectivity index (χ2v) is 5.18. The molecule has 1 heterocycles. The average Bonchev–Trinajstić information content (AvgIpc) is 2.45. The minimum atomic E-state index is 0.857. The zero-order valence-corrected chi connectivity index (χ0v) is 11.5. The summed E-state index contributed by atoms with van der Waals surface area (Å²) in [4.78, 5) is 0. The molecule has 0 radical (unpaired) electrons. The third kappa shape index (κ3) is 4.34. The van der Waals surface area contributed by atoms with E-state index in [1.807, 2.05) is 0 Å². The first-order valence-electron chi connectivity index (χ1n) is 7.31. The third-order valence-corrected chi connectivity index (χ3v) is 3.82. The molecule has 0 saturated carbocycles. The van der Waals surface area contributed by atoms with Gasteiger partial charge in [-0.3, -0.25) is 0 Å². The van der Waals surface area contributed by atoms with Gasteiger partial charge in [0, 0.05) is 0 Å². The van der Waals surface area contributed by atoms with Gasteiger partial charge in [0.05, 0.1) is 6.61 Å². The van der Waals surface area contributed by atoms with Gasteiger partial charge >= 0.3 is 0 Å². The molecular formula is C16H25NO. The summed E-state index contributed by atoms with van der Waals surface area (Å²) in [6, 6.07) is 8.48. The minimum absolute atomic E-state index is 0.857. The fourth-order valence-corrected chi connectivity index (χ4v) is 2.55. The Morgan fingerprint density at radius 3 is 2.56 bits per heavy atom. The Kier molecular flexibility index (Phi) is 5.53. The van der Waals surface area contributed by atoms with Gasteiger partial charge < -0.3 is 10.1 Å². The smallest absolute Gasteiger partial charge is 0.119 e. The van der Waals surface area contributed by atoms with Gasteiger partial charge in [-0.25, -0.2) is 0 Å². The molecule has 0 atom stereocenters. The lowest BCUT2D eigenvalue weighted by Gasteiger charge is -2.22. The van der Waals surface area contributed by atoms with E-state index in [1.54, 1.807) is 0 Å². The summed E-state index contributed by atoms with van der Waals surface area (Å²) in [5, 5.41) is 3.41. The van der Waals surface area contributed by atoms with Crippen molar-refractivity contribution in [2.75, 3.05) is 19.7 Å². The number of ether oxygens (including phenoxy) is 1. The molecular weight excluding hydrogens is 222 g/mol. The number of hydrogen-bond acceptors (Lipinski definition) is 2. The molecule has 1 aromatic carbocycles. The van der Waals surface area contributed by atoms with Crippen molar-refractivity contribution < 1.29 is 4.74 Å². The van der Waals surface area contributed by atoms with Gasteiger partial charge in [0.1, 0.15) is 5.75 Å². The van der Waals surface area contributed by atoms with Crippen LogP contribution >= 0.6 is 0 Å². The molecule has 1 saturated heterocycles. The number of piperidine rings is 1. The molecule has 1 N–H and O–H groups in total. The van der Waals surface area contributed by atoms with Gasteiger partial charge in [0.2, 0.25) is 0 Å². The summed E-state index contributed by atoms with van der Waals surface area (Å²) in [6.45, 7) is 5.43. The normalized spacial score (nSPS) is 16.7. The van der Waals surface area contributed by atoms with E-state index >= 15 is 0 Å². The van der Waals surface area contributed by atoms with Gasteiger partial charge in [0.15, 0.2) is 0 Å². The highest BCUT2D eigenvalue weighted by atomic mass is 16.5. The van der Waals surface area contributed by atoms with Crippen molar-refractivity contribution in [3.05, 3.63) is 29.8 Å². The first-order valence-corrected chi connectivity index (χ1v) is 7.31. The van der Waals surface area contributed by atoms with E-state index in [2.05, 4.69) is 36.5 Å². The predicted octanol–water partition coefficient (Wildman–Crippen LogP) is 3.41. The maximum atomic E-state index is 5.78. The van der Waals surface area contributed by atoms with E-state index in [0.717, 1.165) is 24.7 Å². The monoisotopic (exact) mass is 247 g/mol. The standard InChI is InChI=1S/C16H25NO/c1-2-14-5-7-16(8-6-14)18-13-3-4-15-9-11-17-12-10-15/h5-8,15,17H,2-4,9-13H2,1H3. The lowest BCUT2D eigenvalue weighted by Crippen LogP contribution is -2.27. The van der Waals surface area contributed by atoms with Crippen LogP contribution in [0.3, 0.4) is 0 Å². The molecule has 100 valence electrons. The third-order valence-electron chi connectivity index (χ3n) is 3.82. The summed E-state index contributed by atoms with van der Waals surface area (Å²) in [5.74, 6) is 1.93. The fraction of sp³-hybridized carbons (Fsp3) is 0.625. The summed E-state index contributed by atoms with van der Waals surface area (Å²) in [7, 11) is 0. The second-order valence-electron chi connectivity index (χ2n) is 5.18. The number of hydrogen-bond donors (Lipinski definition) is 1. The molecule has 0 spiro atoms. The molecule has 0 aromatic heterocycles.